The SMILES string of the molecule is CC(C)C(=O)CCc1ccc(-c2noc(C(F)(F)F)n2)nc1. The Bertz CT molecular complexity index is 648. The minimum absolute atomic E-state index is 0.0210. The molecule has 118 valence electrons. The molecule has 0 amide bonds. The van der Waals surface area contributed by atoms with E-state index in [2.05, 4.69) is 19.6 Å². The van der Waals surface area contributed by atoms with Gasteiger partial charge in [-0.2, -0.15) is 18.2 Å². The van der Waals surface area contributed by atoms with Crippen LogP contribution in [0.5, 0.6) is 0 Å². The highest BCUT2D eigenvalue weighted by Gasteiger charge is 2.38. The number of carbonyl (C=O) groups excluding carboxylic acids is 1. The fourth-order valence-corrected chi connectivity index (χ4v) is 1.70. The lowest BCUT2D eigenvalue weighted by Crippen LogP contribution is -2.08. The third-order valence-electron chi connectivity index (χ3n) is 3.03. The summed E-state index contributed by atoms with van der Waals surface area (Å²) in [6.07, 6.45) is -2.25. The van der Waals surface area contributed by atoms with Crippen LogP contribution < -0.4 is 0 Å². The van der Waals surface area contributed by atoms with Crippen LogP contribution in [0.25, 0.3) is 11.5 Å². The normalized spacial score (nSPS) is 11.9. The summed E-state index contributed by atoms with van der Waals surface area (Å²) in [5.74, 6) is -1.50. The summed E-state index contributed by atoms with van der Waals surface area (Å²) in [5, 5.41) is 3.26. The topological polar surface area (TPSA) is 68.9 Å². The minimum atomic E-state index is -4.68. The van der Waals surface area contributed by atoms with E-state index in [0.717, 1.165) is 5.56 Å². The van der Waals surface area contributed by atoms with Gasteiger partial charge >= 0.3 is 12.1 Å². The van der Waals surface area contributed by atoms with Gasteiger partial charge in [0.2, 0.25) is 5.82 Å². The van der Waals surface area contributed by atoms with Gasteiger partial charge < -0.3 is 4.52 Å². The van der Waals surface area contributed by atoms with Gasteiger partial charge in [0.05, 0.1) is 0 Å². The Balaban J connectivity index is 2.06. The van der Waals surface area contributed by atoms with Gasteiger partial charge in [-0.3, -0.25) is 9.78 Å². The smallest absolute Gasteiger partial charge is 0.329 e. The van der Waals surface area contributed by atoms with Crippen molar-refractivity contribution in [3.8, 4) is 11.5 Å². The predicted octanol–water partition coefficient (Wildman–Crippen LogP) is 3.31. The van der Waals surface area contributed by atoms with Gasteiger partial charge in [0, 0.05) is 18.5 Å². The first-order chi connectivity index (χ1) is 10.3. The average molecular weight is 313 g/mol. The van der Waals surface area contributed by atoms with Gasteiger partial charge in [0.25, 0.3) is 0 Å². The molecule has 0 aliphatic heterocycles. The van der Waals surface area contributed by atoms with Crippen molar-refractivity contribution >= 4 is 5.78 Å². The van der Waals surface area contributed by atoms with E-state index < -0.39 is 12.1 Å². The number of ketones is 1. The van der Waals surface area contributed by atoms with E-state index in [1.807, 2.05) is 13.8 Å². The summed E-state index contributed by atoms with van der Waals surface area (Å²) >= 11 is 0. The number of carbonyl (C=O) groups is 1. The number of hydrogen-bond acceptors (Lipinski definition) is 5. The number of hydrogen-bond donors (Lipinski definition) is 0. The van der Waals surface area contributed by atoms with E-state index >= 15 is 0 Å². The second-order valence-electron chi connectivity index (χ2n) is 5.09. The number of alkyl halides is 3. The van der Waals surface area contributed by atoms with E-state index in [0.29, 0.717) is 12.8 Å². The van der Waals surface area contributed by atoms with Gasteiger partial charge in [-0.15, -0.1) is 0 Å². The van der Waals surface area contributed by atoms with Crippen molar-refractivity contribution in [2.45, 2.75) is 32.9 Å². The summed E-state index contributed by atoms with van der Waals surface area (Å²) in [7, 11) is 0. The van der Waals surface area contributed by atoms with Crippen molar-refractivity contribution in [3.63, 3.8) is 0 Å². The second-order valence-corrected chi connectivity index (χ2v) is 5.09. The van der Waals surface area contributed by atoms with Crippen LogP contribution in [0.2, 0.25) is 0 Å². The highest BCUT2D eigenvalue weighted by molar-refractivity contribution is 5.80. The molecule has 2 aromatic rings. The van der Waals surface area contributed by atoms with E-state index in [-0.39, 0.29) is 23.2 Å². The van der Waals surface area contributed by atoms with E-state index in [9.17, 15) is 18.0 Å². The molecule has 2 heterocycles. The van der Waals surface area contributed by atoms with Crippen molar-refractivity contribution < 1.29 is 22.5 Å². The van der Waals surface area contributed by atoms with Crippen molar-refractivity contribution in [2.24, 2.45) is 5.92 Å². The van der Waals surface area contributed by atoms with Crippen LogP contribution in [-0.4, -0.2) is 20.9 Å². The molecule has 2 aromatic heterocycles. The van der Waals surface area contributed by atoms with E-state index in [4.69, 9.17) is 0 Å². The second kappa shape index (κ2) is 6.25. The Hall–Kier alpha value is -2.25. The predicted molar refractivity (Wildman–Crippen MR) is 70.7 cm³/mol. The lowest BCUT2D eigenvalue weighted by atomic mass is 10.0. The van der Waals surface area contributed by atoms with Crippen LogP contribution >= 0.6 is 0 Å². The molecule has 0 N–H and O–H groups in total. The molecule has 0 atom stereocenters. The molecule has 0 aliphatic rings. The van der Waals surface area contributed by atoms with Crippen LogP contribution in [-0.2, 0) is 17.4 Å². The Labute approximate surface area is 124 Å². The molecular weight excluding hydrogens is 299 g/mol. The molecule has 5 nitrogen and oxygen atoms in total. The molecule has 0 saturated heterocycles. The molecule has 2 rings (SSSR count). The first-order valence-electron chi connectivity index (χ1n) is 6.66. The minimum Gasteiger partial charge on any atom is -0.329 e. The highest BCUT2D eigenvalue weighted by Crippen LogP contribution is 2.28. The third-order valence-corrected chi connectivity index (χ3v) is 3.03. The van der Waals surface area contributed by atoms with Crippen LogP contribution in [0.15, 0.2) is 22.9 Å². The maximum absolute atomic E-state index is 12.4. The quantitative estimate of drug-likeness (QED) is 0.847. The van der Waals surface area contributed by atoms with Crippen LogP contribution in [0.1, 0.15) is 31.7 Å². The van der Waals surface area contributed by atoms with Crippen LogP contribution in [0.4, 0.5) is 13.2 Å². The van der Waals surface area contributed by atoms with Crippen molar-refractivity contribution in [1.82, 2.24) is 15.1 Å². The monoisotopic (exact) mass is 313 g/mol. The van der Waals surface area contributed by atoms with Gasteiger partial charge in [-0.1, -0.05) is 25.1 Å². The lowest BCUT2D eigenvalue weighted by molar-refractivity contribution is -0.159. The number of nitrogens with zero attached hydrogens (tertiary/aromatic N) is 3. The molecule has 8 heteroatoms. The largest absolute Gasteiger partial charge is 0.471 e. The first kappa shape index (κ1) is 16.1. The fraction of sp³-hybridized carbons (Fsp3) is 0.429. The van der Waals surface area contributed by atoms with Gasteiger partial charge in [0.15, 0.2) is 0 Å². The summed E-state index contributed by atoms with van der Waals surface area (Å²) in [4.78, 5) is 18.8. The van der Waals surface area contributed by atoms with Crippen LogP contribution in [0.3, 0.4) is 0 Å². The third kappa shape index (κ3) is 3.90. The summed E-state index contributed by atoms with van der Waals surface area (Å²) in [6.45, 7) is 3.66. The van der Waals surface area contributed by atoms with Gasteiger partial charge in [-0.05, 0) is 18.1 Å². The zero-order valence-corrected chi connectivity index (χ0v) is 12.0. The van der Waals surface area contributed by atoms with E-state index in [1.165, 1.54) is 12.3 Å². The lowest BCUT2D eigenvalue weighted by Gasteiger charge is -2.04. The Morgan fingerprint density at radius 3 is 2.55 bits per heavy atom. The molecule has 0 aromatic carbocycles. The van der Waals surface area contributed by atoms with E-state index in [1.54, 1.807) is 6.07 Å². The zero-order chi connectivity index (χ0) is 16.3. The zero-order valence-electron chi connectivity index (χ0n) is 12.0. The molecular formula is C14H14F3N3O2. The highest BCUT2D eigenvalue weighted by atomic mass is 19.4. The summed E-state index contributed by atoms with van der Waals surface area (Å²) in [6, 6.07) is 3.18. The molecule has 0 fully saturated rings. The maximum Gasteiger partial charge on any atom is 0.471 e. The first-order valence-corrected chi connectivity index (χ1v) is 6.66. The molecule has 0 radical (unpaired) electrons. The molecule has 0 unspecified atom stereocenters. The van der Waals surface area contributed by atoms with Crippen LogP contribution in [0, 0.1) is 5.92 Å². The number of rotatable bonds is 5. The number of pyridine rings is 1. The van der Waals surface area contributed by atoms with Gasteiger partial charge in [0.1, 0.15) is 11.5 Å². The molecule has 0 spiro atoms. The average Bonchev–Trinajstić information content (AvgIpc) is 2.95. The fourth-order valence-electron chi connectivity index (χ4n) is 1.70. The molecule has 0 aliphatic carbocycles. The van der Waals surface area contributed by atoms with Crippen molar-refractivity contribution in [1.29, 1.82) is 0 Å². The number of halogens is 3. The number of aryl methyl sites for hydroxylation is 1. The molecule has 22 heavy (non-hydrogen) atoms. The standard InChI is InChI=1S/C14H14F3N3O2/c1-8(2)11(21)6-4-9-3-5-10(18-7-9)12-19-13(22-20-12)14(15,16)17/h3,5,7-8H,4,6H2,1-2H3. The summed E-state index contributed by atoms with van der Waals surface area (Å²) < 4.78 is 41.3. The maximum atomic E-state index is 12.4. The molecule has 0 saturated carbocycles. The summed E-state index contributed by atoms with van der Waals surface area (Å²) in [5.41, 5.74) is 0.996. The van der Waals surface area contributed by atoms with Gasteiger partial charge in [-0.25, -0.2) is 0 Å². The Kier molecular flexibility index (Phi) is 4.58. The Morgan fingerprint density at radius 1 is 1.32 bits per heavy atom. The Morgan fingerprint density at radius 2 is 2.05 bits per heavy atom. The number of Topliss-reactive ketones (excluding diaryl/α,β-unsaturated/α-hetero) is 1. The number of aromatic nitrogens is 3. The molecule has 0 bridgehead atoms. The van der Waals surface area contributed by atoms with Crippen molar-refractivity contribution in [2.75, 3.05) is 0 Å². The van der Waals surface area contributed by atoms with Crippen molar-refractivity contribution in [3.05, 3.63) is 29.8 Å².